The quantitative estimate of drug-likeness (QED) is 0.581. The Labute approximate surface area is 100 Å². The van der Waals surface area contributed by atoms with Gasteiger partial charge in [-0.3, -0.25) is 0 Å². The van der Waals surface area contributed by atoms with Crippen LogP contribution in [0.25, 0.3) is 0 Å². The van der Waals surface area contributed by atoms with E-state index in [1.807, 2.05) is 4.90 Å². The van der Waals surface area contributed by atoms with Gasteiger partial charge in [0.25, 0.3) is 0 Å². The summed E-state index contributed by atoms with van der Waals surface area (Å²) in [7, 11) is 0. The number of ether oxygens (including phenoxy) is 1. The molecule has 1 aromatic carbocycles. The number of hydrogen-bond acceptors (Lipinski definition) is 2. The molecule has 0 aliphatic carbocycles. The summed E-state index contributed by atoms with van der Waals surface area (Å²) in [5.41, 5.74) is 0.591. The van der Waals surface area contributed by atoms with Gasteiger partial charge in [0.15, 0.2) is 0 Å². The second kappa shape index (κ2) is 4.61. The highest BCUT2D eigenvalue weighted by Crippen LogP contribution is 2.23. The number of rotatable bonds is 1. The molecule has 1 saturated heterocycles. The Morgan fingerprint density at radius 2 is 1.67 bits per heavy atom. The lowest BCUT2D eigenvalue weighted by atomic mass is 10.2. The van der Waals surface area contributed by atoms with Crippen LogP contribution >= 0.6 is 22.6 Å². The van der Waals surface area contributed by atoms with Gasteiger partial charge in [0.05, 0.1) is 16.8 Å². The molecular formula is C10H10F2INO. The highest BCUT2D eigenvalue weighted by Gasteiger charge is 2.15. The van der Waals surface area contributed by atoms with Gasteiger partial charge in [-0.15, -0.1) is 0 Å². The van der Waals surface area contributed by atoms with Crippen LogP contribution in [0.1, 0.15) is 0 Å². The normalized spacial score (nSPS) is 16.9. The Morgan fingerprint density at radius 3 is 2.20 bits per heavy atom. The molecule has 1 aromatic rings. The molecule has 1 aliphatic heterocycles. The largest absolute Gasteiger partial charge is 0.378 e. The van der Waals surface area contributed by atoms with E-state index in [2.05, 4.69) is 0 Å². The Bertz CT molecular complexity index is 343. The van der Waals surface area contributed by atoms with E-state index in [9.17, 15) is 8.78 Å². The SMILES string of the molecule is Fc1cc(N2CCOCC2)cc(F)c1I. The third kappa shape index (κ3) is 2.39. The highest BCUT2D eigenvalue weighted by molar-refractivity contribution is 14.1. The summed E-state index contributed by atoms with van der Waals surface area (Å²) in [6.07, 6.45) is 0. The molecule has 0 aromatic heterocycles. The van der Waals surface area contributed by atoms with Gasteiger partial charge in [0.1, 0.15) is 11.6 Å². The number of morpholine rings is 1. The van der Waals surface area contributed by atoms with E-state index < -0.39 is 11.6 Å². The first-order chi connectivity index (χ1) is 7.18. The van der Waals surface area contributed by atoms with Gasteiger partial charge in [-0.2, -0.15) is 0 Å². The Kier molecular flexibility index (Phi) is 3.40. The van der Waals surface area contributed by atoms with Gasteiger partial charge in [-0.1, -0.05) is 0 Å². The zero-order chi connectivity index (χ0) is 10.8. The number of halogens is 3. The van der Waals surface area contributed by atoms with Crippen LogP contribution in [0.15, 0.2) is 12.1 Å². The molecule has 0 saturated carbocycles. The van der Waals surface area contributed by atoms with Gasteiger partial charge in [-0.05, 0) is 34.7 Å². The first-order valence-electron chi connectivity index (χ1n) is 4.66. The minimum Gasteiger partial charge on any atom is -0.378 e. The Hall–Kier alpha value is -0.430. The number of nitrogens with zero attached hydrogens (tertiary/aromatic N) is 1. The molecular weight excluding hydrogens is 315 g/mol. The summed E-state index contributed by atoms with van der Waals surface area (Å²) < 4.78 is 31.8. The van der Waals surface area contributed by atoms with E-state index in [0.717, 1.165) is 0 Å². The van der Waals surface area contributed by atoms with Crippen LogP contribution in [0, 0.1) is 15.2 Å². The van der Waals surface area contributed by atoms with Gasteiger partial charge in [0.2, 0.25) is 0 Å². The van der Waals surface area contributed by atoms with Crippen molar-refractivity contribution in [3.63, 3.8) is 0 Å². The van der Waals surface area contributed by atoms with Crippen molar-refractivity contribution < 1.29 is 13.5 Å². The van der Waals surface area contributed by atoms with Crippen LogP contribution in [0.5, 0.6) is 0 Å². The van der Waals surface area contributed by atoms with Crippen LogP contribution in [0.3, 0.4) is 0 Å². The predicted octanol–water partition coefficient (Wildman–Crippen LogP) is 2.41. The second-order valence-corrected chi connectivity index (χ2v) is 4.40. The Balaban J connectivity index is 2.27. The van der Waals surface area contributed by atoms with E-state index in [1.165, 1.54) is 12.1 Å². The van der Waals surface area contributed by atoms with E-state index in [0.29, 0.717) is 32.0 Å². The molecule has 5 heteroatoms. The fourth-order valence-electron chi connectivity index (χ4n) is 1.55. The fraction of sp³-hybridized carbons (Fsp3) is 0.400. The van der Waals surface area contributed by atoms with E-state index in [-0.39, 0.29) is 3.57 Å². The van der Waals surface area contributed by atoms with Crippen molar-refractivity contribution >= 4 is 28.3 Å². The summed E-state index contributed by atoms with van der Waals surface area (Å²) >= 11 is 1.66. The van der Waals surface area contributed by atoms with Crippen LogP contribution in [0.4, 0.5) is 14.5 Å². The zero-order valence-corrected chi connectivity index (χ0v) is 10.1. The second-order valence-electron chi connectivity index (χ2n) is 3.32. The molecule has 0 spiro atoms. The number of hydrogen-bond donors (Lipinski definition) is 0. The third-order valence-corrected chi connectivity index (χ3v) is 3.38. The van der Waals surface area contributed by atoms with Crippen molar-refractivity contribution in [1.29, 1.82) is 0 Å². The maximum Gasteiger partial charge on any atom is 0.141 e. The van der Waals surface area contributed by atoms with Crippen LogP contribution in [-0.4, -0.2) is 26.3 Å². The van der Waals surface area contributed by atoms with Crippen LogP contribution < -0.4 is 4.90 Å². The Morgan fingerprint density at radius 1 is 1.13 bits per heavy atom. The smallest absolute Gasteiger partial charge is 0.141 e. The van der Waals surface area contributed by atoms with Crippen molar-refractivity contribution in [2.24, 2.45) is 0 Å². The molecule has 82 valence electrons. The molecule has 2 rings (SSSR count). The molecule has 0 bridgehead atoms. The van der Waals surface area contributed by atoms with E-state index in [4.69, 9.17) is 4.74 Å². The van der Waals surface area contributed by atoms with Crippen LogP contribution in [0.2, 0.25) is 0 Å². The summed E-state index contributed by atoms with van der Waals surface area (Å²) in [5.74, 6) is -1.01. The molecule has 1 aliphatic rings. The topological polar surface area (TPSA) is 12.5 Å². The zero-order valence-electron chi connectivity index (χ0n) is 7.97. The van der Waals surface area contributed by atoms with Crippen molar-refractivity contribution in [2.45, 2.75) is 0 Å². The molecule has 2 nitrogen and oxygen atoms in total. The van der Waals surface area contributed by atoms with Gasteiger partial charge in [0, 0.05) is 18.8 Å². The number of benzene rings is 1. The summed E-state index contributed by atoms with van der Waals surface area (Å²) in [4.78, 5) is 1.92. The maximum atomic E-state index is 13.3. The maximum absolute atomic E-state index is 13.3. The standard InChI is InChI=1S/C10H10F2INO/c11-8-5-7(6-9(12)10(8)13)14-1-3-15-4-2-14/h5-6H,1-4H2. The average molecular weight is 325 g/mol. The monoisotopic (exact) mass is 325 g/mol. The molecule has 1 fully saturated rings. The highest BCUT2D eigenvalue weighted by atomic mass is 127. The van der Waals surface area contributed by atoms with Gasteiger partial charge >= 0.3 is 0 Å². The van der Waals surface area contributed by atoms with Crippen molar-refractivity contribution in [3.8, 4) is 0 Å². The fourth-order valence-corrected chi connectivity index (χ4v) is 1.86. The van der Waals surface area contributed by atoms with Gasteiger partial charge < -0.3 is 9.64 Å². The predicted molar refractivity (Wildman–Crippen MR) is 62.1 cm³/mol. The lowest BCUT2D eigenvalue weighted by molar-refractivity contribution is 0.122. The van der Waals surface area contributed by atoms with Crippen molar-refractivity contribution in [3.05, 3.63) is 27.3 Å². The van der Waals surface area contributed by atoms with Gasteiger partial charge in [-0.25, -0.2) is 8.78 Å². The average Bonchev–Trinajstić information content (AvgIpc) is 2.26. The van der Waals surface area contributed by atoms with Crippen molar-refractivity contribution in [2.75, 3.05) is 31.2 Å². The van der Waals surface area contributed by atoms with Crippen LogP contribution in [-0.2, 0) is 4.74 Å². The first kappa shape index (κ1) is 11.1. The molecule has 0 atom stereocenters. The molecule has 15 heavy (non-hydrogen) atoms. The number of anilines is 1. The summed E-state index contributed by atoms with van der Waals surface area (Å²) in [5, 5.41) is 0. The lowest BCUT2D eigenvalue weighted by Gasteiger charge is -2.29. The van der Waals surface area contributed by atoms with E-state index >= 15 is 0 Å². The minimum atomic E-state index is -0.503. The molecule has 0 amide bonds. The first-order valence-corrected chi connectivity index (χ1v) is 5.73. The molecule has 0 radical (unpaired) electrons. The minimum absolute atomic E-state index is 0.0459. The molecule has 1 heterocycles. The molecule has 0 N–H and O–H groups in total. The third-order valence-electron chi connectivity index (χ3n) is 2.34. The van der Waals surface area contributed by atoms with Crippen molar-refractivity contribution in [1.82, 2.24) is 0 Å². The molecule has 0 unspecified atom stereocenters. The lowest BCUT2D eigenvalue weighted by Crippen LogP contribution is -2.36. The van der Waals surface area contributed by atoms with E-state index in [1.54, 1.807) is 22.6 Å². The summed E-state index contributed by atoms with van der Waals surface area (Å²) in [6, 6.07) is 2.74. The summed E-state index contributed by atoms with van der Waals surface area (Å²) in [6.45, 7) is 2.57.